The van der Waals surface area contributed by atoms with E-state index in [0.717, 1.165) is 17.9 Å². The summed E-state index contributed by atoms with van der Waals surface area (Å²) in [7, 11) is -3.73. The van der Waals surface area contributed by atoms with E-state index in [1.165, 1.54) is 24.3 Å². The number of carbonyl (C=O) groups excluding carboxylic acids is 1. The lowest BCUT2D eigenvalue weighted by Gasteiger charge is -2.24. The van der Waals surface area contributed by atoms with E-state index in [1.54, 1.807) is 19.1 Å². The summed E-state index contributed by atoms with van der Waals surface area (Å²) in [6, 6.07) is 9.47. The molecule has 0 aliphatic heterocycles. The first-order chi connectivity index (χ1) is 14.4. The van der Waals surface area contributed by atoms with Crippen LogP contribution >= 0.6 is 0 Å². The van der Waals surface area contributed by atoms with Crippen molar-refractivity contribution in [2.24, 2.45) is 5.92 Å². The van der Waals surface area contributed by atoms with Crippen molar-refractivity contribution in [3.05, 3.63) is 65.0 Å². The minimum atomic E-state index is -3.73. The number of aromatic carboxylic acids is 1. The van der Waals surface area contributed by atoms with E-state index < -0.39 is 32.6 Å². The first kappa shape index (κ1) is 24.5. The molecule has 1 amide bonds. The summed E-state index contributed by atoms with van der Waals surface area (Å²) in [5.74, 6) is -2.42. The Hall–Kier alpha value is -2.78. The fourth-order valence-electron chi connectivity index (χ4n) is 2.97. The molecule has 2 aromatic rings. The van der Waals surface area contributed by atoms with Gasteiger partial charge in [0.25, 0.3) is 0 Å². The normalized spacial score (nSPS) is 13.6. The van der Waals surface area contributed by atoms with Gasteiger partial charge in [0.15, 0.2) is 9.84 Å². The Morgan fingerprint density at radius 2 is 1.71 bits per heavy atom. The second-order valence-electron chi connectivity index (χ2n) is 7.67. The first-order valence-corrected chi connectivity index (χ1v) is 11.5. The lowest BCUT2D eigenvalue weighted by molar-refractivity contribution is -0.137. The van der Waals surface area contributed by atoms with Crippen LogP contribution in [0.1, 0.15) is 48.3 Å². The van der Waals surface area contributed by atoms with E-state index in [1.807, 2.05) is 13.8 Å². The third kappa shape index (κ3) is 6.60. The van der Waals surface area contributed by atoms with Crippen LogP contribution in [-0.4, -0.2) is 37.8 Å². The highest BCUT2D eigenvalue weighted by atomic mass is 32.2. The molecule has 2 aromatic carbocycles. The van der Waals surface area contributed by atoms with Crippen molar-refractivity contribution < 1.29 is 32.2 Å². The van der Waals surface area contributed by atoms with E-state index in [4.69, 9.17) is 9.84 Å². The minimum Gasteiger partial charge on any atom is -0.478 e. The van der Waals surface area contributed by atoms with Crippen LogP contribution in [0.2, 0.25) is 0 Å². The molecule has 0 saturated carbocycles. The lowest BCUT2D eigenvalue weighted by Crippen LogP contribution is -2.40. The molecule has 31 heavy (non-hydrogen) atoms. The van der Waals surface area contributed by atoms with Crippen molar-refractivity contribution in [3.8, 4) is 0 Å². The summed E-state index contributed by atoms with van der Waals surface area (Å²) in [5, 5.41) is 11.8. The molecule has 2 unspecified atom stereocenters. The Labute approximate surface area is 181 Å². The number of rotatable bonds is 9. The maximum Gasteiger partial charge on any atom is 0.335 e. The fourth-order valence-corrected chi connectivity index (χ4v) is 3.76. The molecule has 2 N–H and O–H groups in total. The highest BCUT2D eigenvalue weighted by Gasteiger charge is 2.25. The Bertz CT molecular complexity index is 1050. The van der Waals surface area contributed by atoms with Gasteiger partial charge in [0.2, 0.25) is 5.91 Å². The molecule has 9 heteroatoms. The molecular weight excluding hydrogens is 425 g/mol. The molecule has 7 nitrogen and oxygen atoms in total. The number of ether oxygens (including phenoxy) is 1. The SMILES string of the molecule is CC(NC(=O)C(OCc1ccc(F)c(S(C)(=O)=O)c1)C(C)C)c1ccc(C(=O)O)cc1. The lowest BCUT2D eigenvalue weighted by atomic mass is 10.0. The van der Waals surface area contributed by atoms with Crippen LogP contribution in [0, 0.1) is 11.7 Å². The van der Waals surface area contributed by atoms with Crippen LogP contribution in [0.5, 0.6) is 0 Å². The summed E-state index contributed by atoms with van der Waals surface area (Å²) >= 11 is 0. The molecule has 2 atom stereocenters. The number of carboxylic acids is 1. The van der Waals surface area contributed by atoms with E-state index in [2.05, 4.69) is 5.32 Å². The average molecular weight is 452 g/mol. The van der Waals surface area contributed by atoms with E-state index in [0.29, 0.717) is 5.56 Å². The van der Waals surface area contributed by atoms with Crippen molar-refractivity contribution >= 4 is 21.7 Å². The number of amides is 1. The van der Waals surface area contributed by atoms with Crippen LogP contribution in [0.4, 0.5) is 4.39 Å². The number of carboxylic acid groups (broad SMARTS) is 1. The third-order valence-corrected chi connectivity index (χ3v) is 5.82. The second-order valence-corrected chi connectivity index (χ2v) is 9.65. The van der Waals surface area contributed by atoms with Gasteiger partial charge in [0.1, 0.15) is 16.8 Å². The Morgan fingerprint density at radius 3 is 2.23 bits per heavy atom. The molecule has 0 aliphatic carbocycles. The zero-order valence-corrected chi connectivity index (χ0v) is 18.6. The molecular formula is C22H26FNO6S. The number of benzene rings is 2. The van der Waals surface area contributed by atoms with Gasteiger partial charge in [-0.25, -0.2) is 17.6 Å². The molecule has 0 aromatic heterocycles. The zero-order valence-electron chi connectivity index (χ0n) is 17.8. The average Bonchev–Trinajstić information content (AvgIpc) is 2.68. The Kier molecular flexibility index (Phi) is 7.91. The first-order valence-electron chi connectivity index (χ1n) is 9.64. The third-order valence-electron chi connectivity index (χ3n) is 4.70. The molecule has 0 saturated heterocycles. The smallest absolute Gasteiger partial charge is 0.335 e. The van der Waals surface area contributed by atoms with Gasteiger partial charge in [-0.05, 0) is 48.2 Å². The summed E-state index contributed by atoms with van der Waals surface area (Å²) < 4.78 is 42.9. The topological polar surface area (TPSA) is 110 Å². The molecule has 0 radical (unpaired) electrons. The van der Waals surface area contributed by atoms with Crippen molar-refractivity contribution in [2.45, 2.75) is 44.4 Å². The monoisotopic (exact) mass is 451 g/mol. The Morgan fingerprint density at radius 1 is 1.10 bits per heavy atom. The van der Waals surface area contributed by atoms with Crippen LogP contribution in [-0.2, 0) is 26.0 Å². The summed E-state index contributed by atoms with van der Waals surface area (Å²) in [6.45, 7) is 5.32. The standard InChI is InChI=1S/C22H26FNO6S/c1-13(2)20(30-12-15-5-10-18(23)19(11-15)31(4,28)29)21(25)24-14(3)16-6-8-17(9-7-16)22(26)27/h5-11,13-14,20H,12H2,1-4H3,(H,24,25)(H,26,27). The second kappa shape index (κ2) is 10.0. The van der Waals surface area contributed by atoms with Crippen molar-refractivity contribution in [2.75, 3.05) is 6.26 Å². The maximum atomic E-state index is 13.8. The number of sulfone groups is 1. The molecule has 0 aliphatic rings. The van der Waals surface area contributed by atoms with Gasteiger partial charge in [-0.2, -0.15) is 0 Å². The zero-order chi connectivity index (χ0) is 23.3. The van der Waals surface area contributed by atoms with Gasteiger partial charge >= 0.3 is 5.97 Å². The highest BCUT2D eigenvalue weighted by molar-refractivity contribution is 7.90. The largest absolute Gasteiger partial charge is 0.478 e. The number of halogens is 1. The van der Waals surface area contributed by atoms with Crippen molar-refractivity contribution in [1.82, 2.24) is 5.32 Å². The molecule has 0 fully saturated rings. The van der Waals surface area contributed by atoms with Gasteiger partial charge in [-0.15, -0.1) is 0 Å². The predicted molar refractivity (Wildman–Crippen MR) is 113 cm³/mol. The van der Waals surface area contributed by atoms with E-state index >= 15 is 0 Å². The van der Waals surface area contributed by atoms with Gasteiger partial charge in [0.05, 0.1) is 18.2 Å². The molecule has 0 heterocycles. The summed E-state index contributed by atoms with van der Waals surface area (Å²) in [4.78, 5) is 23.3. The summed E-state index contributed by atoms with van der Waals surface area (Å²) in [5.41, 5.74) is 1.31. The molecule has 2 rings (SSSR count). The van der Waals surface area contributed by atoms with Gasteiger partial charge < -0.3 is 15.2 Å². The predicted octanol–water partition coefficient (Wildman–Crippen LogP) is 3.35. The van der Waals surface area contributed by atoms with Crippen LogP contribution in [0.3, 0.4) is 0 Å². The van der Waals surface area contributed by atoms with Gasteiger partial charge in [-0.1, -0.05) is 32.0 Å². The Balaban J connectivity index is 2.08. The fraction of sp³-hybridized carbons (Fsp3) is 0.364. The van der Waals surface area contributed by atoms with Gasteiger partial charge in [0, 0.05) is 6.26 Å². The van der Waals surface area contributed by atoms with E-state index in [-0.39, 0.29) is 30.0 Å². The minimum absolute atomic E-state index is 0.0687. The molecule has 0 spiro atoms. The van der Waals surface area contributed by atoms with E-state index in [9.17, 15) is 22.4 Å². The van der Waals surface area contributed by atoms with Crippen molar-refractivity contribution in [1.29, 1.82) is 0 Å². The number of carbonyl (C=O) groups is 2. The molecule has 168 valence electrons. The van der Waals surface area contributed by atoms with Crippen LogP contribution in [0.25, 0.3) is 0 Å². The maximum absolute atomic E-state index is 13.8. The van der Waals surface area contributed by atoms with Crippen molar-refractivity contribution in [3.63, 3.8) is 0 Å². The molecule has 0 bridgehead atoms. The van der Waals surface area contributed by atoms with Crippen LogP contribution in [0.15, 0.2) is 47.4 Å². The number of nitrogens with one attached hydrogen (secondary N) is 1. The quantitative estimate of drug-likeness (QED) is 0.605. The van der Waals surface area contributed by atoms with Gasteiger partial charge in [-0.3, -0.25) is 4.79 Å². The number of hydrogen-bond donors (Lipinski definition) is 2. The highest BCUT2D eigenvalue weighted by Crippen LogP contribution is 2.19. The number of hydrogen-bond acceptors (Lipinski definition) is 5. The summed E-state index contributed by atoms with van der Waals surface area (Å²) in [6.07, 6.45) is 0.0950. The van der Waals surface area contributed by atoms with Crippen LogP contribution < -0.4 is 5.32 Å².